The number of hydrogen-bond donors (Lipinski definition) is 0. The molecule has 12 heavy (non-hydrogen) atoms. The Hall–Kier alpha value is -0.501. The van der Waals surface area contributed by atoms with Gasteiger partial charge in [0.15, 0.2) is 0 Å². The average molecular weight is 247 g/mol. The van der Waals surface area contributed by atoms with E-state index < -0.39 is 0 Å². The van der Waals surface area contributed by atoms with Gasteiger partial charge in [0.05, 0.1) is 0 Å². The first-order valence-corrected chi connectivity index (χ1v) is 5.39. The quantitative estimate of drug-likeness (QED) is 0.718. The summed E-state index contributed by atoms with van der Waals surface area (Å²) < 4.78 is 10.5. The predicted octanol–water partition coefficient (Wildman–Crippen LogP) is 1.95. The summed E-state index contributed by atoms with van der Waals surface area (Å²) in [5, 5.41) is 1.78. The molecular weight excluding hydrogens is 241 g/mol. The second kappa shape index (κ2) is 3.09. The molecule has 1 aromatic carbocycles. The van der Waals surface area contributed by atoms with Crippen LogP contribution in [0.2, 0.25) is 5.02 Å². The first kappa shape index (κ1) is 8.11. The minimum atomic E-state index is 0.215. The third-order valence-electron chi connectivity index (χ3n) is 1.63. The van der Waals surface area contributed by atoms with Gasteiger partial charge < -0.3 is 0 Å². The molecule has 0 fully saturated rings. The van der Waals surface area contributed by atoms with Crippen molar-refractivity contribution in [3.05, 3.63) is 23.4 Å². The number of nitrogens with zero attached hydrogens (tertiary/aromatic N) is 1. The van der Waals surface area contributed by atoms with E-state index in [2.05, 4.69) is 3.98 Å². The molecule has 0 aliphatic rings. The average Bonchev–Trinajstić information content (AvgIpc) is 2.49. The van der Waals surface area contributed by atoms with E-state index in [1.165, 1.54) is 4.26 Å². The Bertz CT molecular complexity index is 412. The summed E-state index contributed by atoms with van der Waals surface area (Å²) in [6.45, 7) is 0. The molecule has 62 valence electrons. The van der Waals surface area contributed by atoms with E-state index >= 15 is 0 Å². The molecule has 0 N–H and O–H groups in total. The van der Waals surface area contributed by atoms with E-state index in [9.17, 15) is 0 Å². The molecule has 0 bridgehead atoms. The van der Waals surface area contributed by atoms with Gasteiger partial charge in [0, 0.05) is 0 Å². The Kier molecular flexibility index (Phi) is 2.09. The first-order valence-electron chi connectivity index (χ1n) is 3.39. The van der Waals surface area contributed by atoms with Crippen molar-refractivity contribution in [2.45, 2.75) is 0 Å². The fourth-order valence-electron chi connectivity index (χ4n) is 1.03. The number of rotatable bonds is 1. The number of ether oxygens (including phenoxy) is 1. The standard InChI is InChI=1S/C8H6ClNOSe/c1-11-7-3-8-5(2-6(7)9)4-10-12-8/h2-4H,1H3. The summed E-state index contributed by atoms with van der Waals surface area (Å²) >= 11 is 6.14. The molecule has 0 saturated heterocycles. The summed E-state index contributed by atoms with van der Waals surface area (Å²) in [6, 6.07) is 3.86. The van der Waals surface area contributed by atoms with Crippen molar-refractivity contribution in [2.75, 3.05) is 7.11 Å². The molecule has 0 amide bonds. The van der Waals surface area contributed by atoms with Crippen molar-refractivity contribution < 1.29 is 4.74 Å². The van der Waals surface area contributed by atoms with E-state index in [1.807, 2.05) is 18.3 Å². The van der Waals surface area contributed by atoms with E-state index in [0.29, 0.717) is 5.02 Å². The number of benzene rings is 1. The first-order chi connectivity index (χ1) is 5.81. The Balaban J connectivity index is 2.73. The van der Waals surface area contributed by atoms with Gasteiger partial charge in [-0.3, -0.25) is 0 Å². The van der Waals surface area contributed by atoms with Crippen molar-refractivity contribution in [1.29, 1.82) is 0 Å². The minimum absolute atomic E-state index is 0.215. The SMILES string of the molecule is COc1cc2[se]ncc2cc1Cl. The van der Waals surface area contributed by atoms with Crippen LogP contribution >= 0.6 is 11.6 Å². The summed E-state index contributed by atoms with van der Waals surface area (Å²) in [5.74, 6) is 0.739. The maximum absolute atomic E-state index is 5.93. The zero-order valence-electron chi connectivity index (χ0n) is 6.37. The Labute approximate surface area is 81.1 Å². The van der Waals surface area contributed by atoms with E-state index in [-0.39, 0.29) is 14.7 Å². The molecule has 2 nitrogen and oxygen atoms in total. The van der Waals surface area contributed by atoms with Gasteiger partial charge >= 0.3 is 80.9 Å². The van der Waals surface area contributed by atoms with Crippen LogP contribution in [0.1, 0.15) is 0 Å². The molecule has 0 atom stereocenters. The molecule has 4 heteroatoms. The fourth-order valence-corrected chi connectivity index (χ4v) is 2.65. The van der Waals surface area contributed by atoms with Crippen LogP contribution in [0.25, 0.3) is 9.65 Å². The van der Waals surface area contributed by atoms with Crippen molar-refractivity contribution >= 4 is 36.0 Å². The zero-order valence-corrected chi connectivity index (χ0v) is 8.84. The predicted molar refractivity (Wildman–Crippen MR) is 50.2 cm³/mol. The van der Waals surface area contributed by atoms with Crippen LogP contribution < -0.4 is 4.74 Å². The summed E-state index contributed by atoms with van der Waals surface area (Å²) in [7, 11) is 1.62. The Morgan fingerprint density at radius 2 is 2.33 bits per heavy atom. The second-order valence-electron chi connectivity index (χ2n) is 2.35. The van der Waals surface area contributed by atoms with Crippen LogP contribution in [0.4, 0.5) is 0 Å². The number of methoxy groups -OCH3 is 1. The third-order valence-corrected chi connectivity index (χ3v) is 3.52. The second-order valence-corrected chi connectivity index (χ2v) is 4.51. The topological polar surface area (TPSA) is 22.1 Å². The van der Waals surface area contributed by atoms with Crippen LogP contribution in [-0.4, -0.2) is 25.8 Å². The molecule has 0 spiro atoms. The van der Waals surface area contributed by atoms with E-state index in [1.54, 1.807) is 7.11 Å². The normalized spacial score (nSPS) is 10.5. The van der Waals surface area contributed by atoms with Crippen LogP contribution in [-0.2, 0) is 0 Å². The molecule has 2 aromatic rings. The third kappa shape index (κ3) is 1.24. The van der Waals surface area contributed by atoms with Crippen molar-refractivity contribution in [3.8, 4) is 5.75 Å². The van der Waals surface area contributed by atoms with Gasteiger partial charge in [0.1, 0.15) is 0 Å². The molecule has 1 aromatic heterocycles. The van der Waals surface area contributed by atoms with Gasteiger partial charge in [-0.25, -0.2) is 0 Å². The van der Waals surface area contributed by atoms with E-state index in [0.717, 1.165) is 11.1 Å². The molecule has 0 saturated carbocycles. The van der Waals surface area contributed by atoms with E-state index in [4.69, 9.17) is 16.3 Å². The molecule has 0 unspecified atom stereocenters. The fraction of sp³-hybridized carbons (Fsp3) is 0.125. The molecule has 0 radical (unpaired) electrons. The Morgan fingerprint density at radius 3 is 3.08 bits per heavy atom. The Morgan fingerprint density at radius 1 is 1.50 bits per heavy atom. The zero-order chi connectivity index (χ0) is 8.55. The number of halogens is 1. The monoisotopic (exact) mass is 247 g/mol. The molecular formula is C8H6ClNOSe. The maximum atomic E-state index is 5.93. The molecule has 1 heterocycles. The summed E-state index contributed by atoms with van der Waals surface area (Å²) in [6.07, 6.45) is 1.86. The van der Waals surface area contributed by atoms with Crippen LogP contribution in [0, 0.1) is 0 Å². The molecule has 0 aliphatic heterocycles. The van der Waals surface area contributed by atoms with Crippen LogP contribution in [0.15, 0.2) is 18.3 Å². The van der Waals surface area contributed by atoms with Gasteiger partial charge in [-0.05, 0) is 0 Å². The van der Waals surface area contributed by atoms with Gasteiger partial charge in [0.2, 0.25) is 0 Å². The van der Waals surface area contributed by atoms with Gasteiger partial charge in [-0.1, -0.05) is 0 Å². The number of aromatic nitrogens is 1. The van der Waals surface area contributed by atoms with Gasteiger partial charge in [-0.2, -0.15) is 0 Å². The number of fused-ring (bicyclic) bond motifs is 1. The van der Waals surface area contributed by atoms with Gasteiger partial charge in [-0.15, -0.1) is 0 Å². The molecule has 0 aliphatic carbocycles. The summed E-state index contributed by atoms with van der Waals surface area (Å²) in [5.41, 5.74) is 0. The van der Waals surface area contributed by atoms with Crippen LogP contribution in [0.5, 0.6) is 5.75 Å². The van der Waals surface area contributed by atoms with Crippen molar-refractivity contribution in [1.82, 2.24) is 3.98 Å². The van der Waals surface area contributed by atoms with Gasteiger partial charge in [0.25, 0.3) is 0 Å². The van der Waals surface area contributed by atoms with Crippen molar-refractivity contribution in [2.24, 2.45) is 0 Å². The summed E-state index contributed by atoms with van der Waals surface area (Å²) in [4.78, 5) is 0. The molecule has 2 rings (SSSR count). The van der Waals surface area contributed by atoms with Crippen LogP contribution in [0.3, 0.4) is 0 Å². The van der Waals surface area contributed by atoms with Crippen molar-refractivity contribution in [3.63, 3.8) is 0 Å². The number of hydrogen-bond acceptors (Lipinski definition) is 2.